The molecule has 0 saturated heterocycles. The van der Waals surface area contributed by atoms with Gasteiger partial charge in [-0.1, -0.05) is 109 Å². The number of nitrogens with zero attached hydrogens (tertiary/aromatic N) is 1. The highest BCUT2D eigenvalue weighted by Crippen LogP contribution is 2.45. The van der Waals surface area contributed by atoms with Gasteiger partial charge < -0.3 is 9.32 Å². The third-order valence-corrected chi connectivity index (χ3v) is 10.1. The smallest absolute Gasteiger partial charge is 0.134 e. The fraction of sp³-hybridized carbons (Fsp3) is 0. The maximum atomic E-state index is 5.81. The van der Waals surface area contributed by atoms with Crippen LogP contribution in [-0.4, -0.2) is 0 Å². The SMILES string of the molecule is c1ccc(-c2ccc(N(c3ccc4sc5ccc(-c6ccccc6)cc5c4c3)c3ccccc3-c3ccc4ccoc4c3)cc2)cc1. The zero-order chi connectivity index (χ0) is 31.2. The Kier molecular flexibility index (Phi) is 6.69. The number of para-hydroxylation sites is 1. The van der Waals surface area contributed by atoms with E-state index in [9.17, 15) is 0 Å². The molecule has 7 aromatic carbocycles. The number of hydrogen-bond donors (Lipinski definition) is 0. The monoisotopic (exact) mass is 619 g/mol. The molecule has 0 unspecified atom stereocenters. The van der Waals surface area contributed by atoms with E-state index in [0.717, 1.165) is 39.2 Å². The normalized spacial score (nSPS) is 11.4. The Morgan fingerprint density at radius 1 is 0.426 bits per heavy atom. The average Bonchev–Trinajstić information content (AvgIpc) is 3.77. The van der Waals surface area contributed by atoms with Gasteiger partial charge in [0.15, 0.2) is 0 Å². The van der Waals surface area contributed by atoms with E-state index in [1.165, 1.54) is 42.4 Å². The molecule has 0 atom stereocenters. The molecule has 0 spiro atoms. The maximum absolute atomic E-state index is 5.81. The minimum Gasteiger partial charge on any atom is -0.464 e. The van der Waals surface area contributed by atoms with Crippen LogP contribution in [-0.2, 0) is 0 Å². The van der Waals surface area contributed by atoms with Crippen molar-refractivity contribution >= 4 is 59.5 Å². The summed E-state index contributed by atoms with van der Waals surface area (Å²) in [7, 11) is 0. The Bertz CT molecular complexity index is 2510. The first-order chi connectivity index (χ1) is 23.3. The van der Waals surface area contributed by atoms with Gasteiger partial charge in [-0.2, -0.15) is 0 Å². The van der Waals surface area contributed by atoms with E-state index >= 15 is 0 Å². The van der Waals surface area contributed by atoms with E-state index in [4.69, 9.17) is 4.42 Å². The van der Waals surface area contributed by atoms with Gasteiger partial charge in [0.2, 0.25) is 0 Å². The van der Waals surface area contributed by atoms with Gasteiger partial charge in [-0.3, -0.25) is 0 Å². The molecule has 0 amide bonds. The van der Waals surface area contributed by atoms with Crippen molar-refractivity contribution in [1.29, 1.82) is 0 Å². The van der Waals surface area contributed by atoms with E-state index in [-0.39, 0.29) is 0 Å². The summed E-state index contributed by atoms with van der Waals surface area (Å²) in [6, 6.07) is 61.0. The molecule has 0 radical (unpaired) electrons. The molecular weight excluding hydrogens is 591 g/mol. The van der Waals surface area contributed by atoms with Crippen molar-refractivity contribution < 1.29 is 4.42 Å². The maximum Gasteiger partial charge on any atom is 0.134 e. The van der Waals surface area contributed by atoms with Crippen LogP contribution in [0.15, 0.2) is 181 Å². The van der Waals surface area contributed by atoms with Crippen LogP contribution in [0.2, 0.25) is 0 Å². The summed E-state index contributed by atoms with van der Waals surface area (Å²) in [6.45, 7) is 0. The largest absolute Gasteiger partial charge is 0.464 e. The highest BCUT2D eigenvalue weighted by atomic mass is 32.1. The van der Waals surface area contributed by atoms with Crippen molar-refractivity contribution in [3.8, 4) is 33.4 Å². The van der Waals surface area contributed by atoms with Crippen LogP contribution in [0.4, 0.5) is 17.1 Å². The lowest BCUT2D eigenvalue weighted by atomic mass is 9.99. The molecule has 0 fully saturated rings. The van der Waals surface area contributed by atoms with Crippen molar-refractivity contribution in [2.75, 3.05) is 4.90 Å². The topological polar surface area (TPSA) is 16.4 Å². The Balaban J connectivity index is 1.23. The minimum atomic E-state index is 0.886. The van der Waals surface area contributed by atoms with Gasteiger partial charge in [-0.15, -0.1) is 11.3 Å². The Morgan fingerprint density at radius 2 is 1.02 bits per heavy atom. The quantitative estimate of drug-likeness (QED) is 0.184. The first-order valence-electron chi connectivity index (χ1n) is 15.8. The second kappa shape index (κ2) is 11.5. The summed E-state index contributed by atoms with van der Waals surface area (Å²) in [5.41, 5.74) is 11.3. The van der Waals surface area contributed by atoms with Crippen LogP contribution in [0.1, 0.15) is 0 Å². The molecule has 0 aliphatic carbocycles. The molecule has 0 saturated carbocycles. The number of hydrogen-bond acceptors (Lipinski definition) is 3. The molecule has 0 bridgehead atoms. The molecule has 9 rings (SSSR count). The van der Waals surface area contributed by atoms with Crippen molar-refractivity contribution in [3.63, 3.8) is 0 Å². The Hall–Kier alpha value is -5.90. The molecule has 2 nitrogen and oxygen atoms in total. The van der Waals surface area contributed by atoms with E-state index in [1.54, 1.807) is 6.26 Å². The zero-order valence-corrected chi connectivity index (χ0v) is 26.3. The third-order valence-electron chi connectivity index (χ3n) is 8.96. The second-order valence-corrected chi connectivity index (χ2v) is 12.9. The molecule has 9 aromatic rings. The molecule has 2 aromatic heterocycles. The van der Waals surface area contributed by atoms with Gasteiger partial charge in [0.1, 0.15) is 5.58 Å². The highest BCUT2D eigenvalue weighted by Gasteiger charge is 2.19. The number of anilines is 3. The summed E-state index contributed by atoms with van der Waals surface area (Å²) in [5, 5.41) is 3.65. The summed E-state index contributed by atoms with van der Waals surface area (Å²) in [4.78, 5) is 2.39. The van der Waals surface area contributed by atoms with Crippen LogP contribution in [0.3, 0.4) is 0 Å². The second-order valence-electron chi connectivity index (χ2n) is 11.8. The Morgan fingerprint density at radius 3 is 1.81 bits per heavy atom. The van der Waals surface area contributed by atoms with Gasteiger partial charge in [0, 0.05) is 42.5 Å². The first-order valence-corrected chi connectivity index (χ1v) is 16.6. The van der Waals surface area contributed by atoms with Gasteiger partial charge in [0.25, 0.3) is 0 Å². The number of benzene rings is 7. The predicted molar refractivity (Wildman–Crippen MR) is 200 cm³/mol. The number of fused-ring (bicyclic) bond motifs is 4. The number of furan rings is 1. The lowest BCUT2D eigenvalue weighted by Crippen LogP contribution is -2.11. The van der Waals surface area contributed by atoms with Crippen LogP contribution < -0.4 is 4.90 Å². The molecule has 3 heteroatoms. The molecule has 2 heterocycles. The molecule has 0 aliphatic rings. The van der Waals surface area contributed by atoms with Crippen LogP contribution in [0.25, 0.3) is 64.5 Å². The van der Waals surface area contributed by atoms with Crippen LogP contribution in [0, 0.1) is 0 Å². The molecule has 0 N–H and O–H groups in total. The van der Waals surface area contributed by atoms with Gasteiger partial charge in [-0.25, -0.2) is 0 Å². The highest BCUT2D eigenvalue weighted by molar-refractivity contribution is 7.25. The lowest BCUT2D eigenvalue weighted by Gasteiger charge is -2.28. The van der Waals surface area contributed by atoms with Crippen LogP contribution >= 0.6 is 11.3 Å². The van der Waals surface area contributed by atoms with E-state index in [2.05, 4.69) is 169 Å². The van der Waals surface area contributed by atoms with E-state index in [0.29, 0.717) is 0 Å². The van der Waals surface area contributed by atoms with Crippen molar-refractivity contribution in [2.24, 2.45) is 0 Å². The summed E-state index contributed by atoms with van der Waals surface area (Å²) < 4.78 is 8.39. The first kappa shape index (κ1) is 27.4. The minimum absolute atomic E-state index is 0.886. The van der Waals surface area contributed by atoms with Crippen molar-refractivity contribution in [3.05, 3.63) is 176 Å². The predicted octanol–water partition coefficient (Wildman–Crippen LogP) is 13.3. The molecular formula is C44H29NOS. The van der Waals surface area contributed by atoms with Crippen molar-refractivity contribution in [2.45, 2.75) is 0 Å². The summed E-state index contributed by atoms with van der Waals surface area (Å²) in [6.07, 6.45) is 1.75. The summed E-state index contributed by atoms with van der Waals surface area (Å²) in [5.74, 6) is 0. The fourth-order valence-corrected chi connectivity index (χ4v) is 7.68. The molecule has 47 heavy (non-hydrogen) atoms. The van der Waals surface area contributed by atoms with Crippen molar-refractivity contribution in [1.82, 2.24) is 0 Å². The standard InChI is InChI=1S/C44H29NOS/c1-3-9-30(10-4-1)32-17-20-36(21-18-32)45(41-14-8-7-13-38(41)35-16-15-33-25-26-46-42(33)28-35)37-22-24-44-40(29-37)39-27-34(19-23-43(39)47-44)31-11-5-2-6-12-31/h1-29H. The molecule has 222 valence electrons. The van der Waals surface area contributed by atoms with Gasteiger partial charge in [-0.05, 0) is 88.5 Å². The van der Waals surface area contributed by atoms with Crippen LogP contribution in [0.5, 0.6) is 0 Å². The van der Waals surface area contributed by atoms with E-state index < -0.39 is 0 Å². The summed E-state index contributed by atoms with van der Waals surface area (Å²) >= 11 is 1.85. The number of rotatable bonds is 6. The van der Waals surface area contributed by atoms with Gasteiger partial charge >= 0.3 is 0 Å². The van der Waals surface area contributed by atoms with Gasteiger partial charge in [0.05, 0.1) is 12.0 Å². The Labute approximate surface area is 277 Å². The zero-order valence-electron chi connectivity index (χ0n) is 25.5. The average molecular weight is 620 g/mol. The van der Waals surface area contributed by atoms with E-state index in [1.807, 2.05) is 17.4 Å². The third kappa shape index (κ3) is 4.98. The lowest BCUT2D eigenvalue weighted by molar-refractivity contribution is 0.616. The molecule has 0 aliphatic heterocycles. The fourth-order valence-electron chi connectivity index (χ4n) is 6.61. The number of thiophene rings is 1.